The third kappa shape index (κ3) is 3.24. The number of nitrogen functional groups attached to an aromatic ring is 1. The summed E-state index contributed by atoms with van der Waals surface area (Å²) < 4.78 is 33.5. The van der Waals surface area contributed by atoms with Crippen LogP contribution in [0.25, 0.3) is 11.1 Å². The predicted octanol–water partition coefficient (Wildman–Crippen LogP) is 4.17. The largest absolute Gasteiger partial charge is 0.456 e. The van der Waals surface area contributed by atoms with E-state index < -0.39 is 28.8 Å². The van der Waals surface area contributed by atoms with Crippen molar-refractivity contribution in [1.82, 2.24) is 0 Å². The van der Waals surface area contributed by atoms with Crippen molar-refractivity contribution in [2.45, 2.75) is 26.4 Å². The second-order valence-corrected chi connectivity index (χ2v) is 5.88. The zero-order valence-corrected chi connectivity index (χ0v) is 12.6. The molecule has 0 fully saturated rings. The Morgan fingerprint density at radius 2 is 1.64 bits per heavy atom. The van der Waals surface area contributed by atoms with Crippen LogP contribution in [0, 0.1) is 11.6 Å². The van der Waals surface area contributed by atoms with Gasteiger partial charge in [-0.15, -0.1) is 0 Å². The molecule has 2 N–H and O–H groups in total. The van der Waals surface area contributed by atoms with Crippen LogP contribution in [0.4, 0.5) is 14.5 Å². The number of halogens is 2. The first-order chi connectivity index (χ1) is 10.2. The van der Waals surface area contributed by atoms with E-state index in [1.54, 1.807) is 45.0 Å². The monoisotopic (exact) mass is 305 g/mol. The van der Waals surface area contributed by atoms with Gasteiger partial charge in [0.25, 0.3) is 0 Å². The van der Waals surface area contributed by atoms with Gasteiger partial charge in [0.05, 0.1) is 5.56 Å². The molecule has 0 heterocycles. The van der Waals surface area contributed by atoms with Gasteiger partial charge in [-0.1, -0.05) is 24.3 Å². The number of hydrogen-bond donors (Lipinski definition) is 1. The highest BCUT2D eigenvalue weighted by Crippen LogP contribution is 2.30. The van der Waals surface area contributed by atoms with Crippen LogP contribution in [0.15, 0.2) is 36.4 Å². The molecule has 0 aliphatic rings. The fourth-order valence-corrected chi connectivity index (χ4v) is 1.99. The van der Waals surface area contributed by atoms with Gasteiger partial charge >= 0.3 is 5.97 Å². The summed E-state index contributed by atoms with van der Waals surface area (Å²) in [7, 11) is 0. The lowest BCUT2D eigenvalue weighted by molar-refractivity contribution is 0.00637. The molecular formula is C17H17F2NO2. The maximum absolute atomic E-state index is 14.3. The summed E-state index contributed by atoms with van der Waals surface area (Å²) in [6.07, 6.45) is 0. The molecular weight excluding hydrogens is 288 g/mol. The van der Waals surface area contributed by atoms with Crippen LogP contribution >= 0.6 is 0 Å². The lowest BCUT2D eigenvalue weighted by Gasteiger charge is -2.20. The van der Waals surface area contributed by atoms with Crippen molar-refractivity contribution in [2.75, 3.05) is 5.73 Å². The van der Waals surface area contributed by atoms with Crippen LogP contribution in [0.2, 0.25) is 0 Å². The molecule has 3 nitrogen and oxygen atoms in total. The molecule has 0 saturated heterocycles. The van der Waals surface area contributed by atoms with Gasteiger partial charge in [-0.3, -0.25) is 0 Å². The van der Waals surface area contributed by atoms with E-state index >= 15 is 0 Å². The Kier molecular flexibility index (Phi) is 4.17. The summed E-state index contributed by atoms with van der Waals surface area (Å²) in [4.78, 5) is 11.9. The minimum atomic E-state index is -1.24. The number of hydrogen-bond acceptors (Lipinski definition) is 3. The van der Waals surface area contributed by atoms with Crippen molar-refractivity contribution < 1.29 is 18.3 Å². The molecule has 0 atom stereocenters. The van der Waals surface area contributed by atoms with Gasteiger partial charge in [0.2, 0.25) is 0 Å². The zero-order valence-electron chi connectivity index (χ0n) is 12.6. The maximum Gasteiger partial charge on any atom is 0.341 e. The summed E-state index contributed by atoms with van der Waals surface area (Å²) in [5.74, 6) is -3.27. The summed E-state index contributed by atoms with van der Waals surface area (Å²) in [5, 5.41) is 0. The van der Waals surface area contributed by atoms with E-state index in [0.717, 1.165) is 0 Å². The van der Waals surface area contributed by atoms with Crippen molar-refractivity contribution in [2.24, 2.45) is 0 Å². The fraction of sp³-hybridized carbons (Fsp3) is 0.235. The first kappa shape index (κ1) is 15.9. The second kappa shape index (κ2) is 5.75. The Labute approximate surface area is 127 Å². The van der Waals surface area contributed by atoms with Crippen molar-refractivity contribution in [3.63, 3.8) is 0 Å². The SMILES string of the molecule is CC(C)(C)OC(=O)c1ccc(-c2ccccc2N)c(F)c1F. The number of esters is 1. The molecule has 0 unspecified atom stereocenters. The van der Waals surface area contributed by atoms with Crippen LogP contribution in [0.3, 0.4) is 0 Å². The molecule has 0 aliphatic carbocycles. The molecule has 22 heavy (non-hydrogen) atoms. The molecule has 0 aromatic heterocycles. The fourth-order valence-electron chi connectivity index (χ4n) is 1.99. The van der Waals surface area contributed by atoms with Gasteiger partial charge in [-0.2, -0.15) is 0 Å². The summed E-state index contributed by atoms with van der Waals surface area (Å²) in [5.41, 5.74) is 5.24. The molecule has 5 heteroatoms. The highest BCUT2D eigenvalue weighted by Gasteiger charge is 2.24. The number of ether oxygens (including phenoxy) is 1. The molecule has 116 valence electrons. The molecule has 2 aromatic carbocycles. The van der Waals surface area contributed by atoms with Crippen molar-refractivity contribution in [1.29, 1.82) is 0 Å². The molecule has 2 aromatic rings. The number of carbonyl (C=O) groups excluding carboxylic acids is 1. The summed E-state index contributed by atoms with van der Waals surface area (Å²) in [6.45, 7) is 4.95. The first-order valence-electron chi connectivity index (χ1n) is 6.77. The second-order valence-electron chi connectivity index (χ2n) is 5.88. The van der Waals surface area contributed by atoms with Crippen LogP contribution < -0.4 is 5.73 Å². The van der Waals surface area contributed by atoms with Gasteiger partial charge in [-0.05, 0) is 32.9 Å². The third-order valence-corrected chi connectivity index (χ3v) is 2.95. The van der Waals surface area contributed by atoms with Crippen LogP contribution in [-0.4, -0.2) is 11.6 Å². The van der Waals surface area contributed by atoms with Gasteiger partial charge in [-0.25, -0.2) is 13.6 Å². The third-order valence-electron chi connectivity index (χ3n) is 2.95. The number of nitrogens with two attached hydrogens (primary N) is 1. The summed E-state index contributed by atoms with van der Waals surface area (Å²) in [6, 6.07) is 9.07. The van der Waals surface area contributed by atoms with E-state index in [4.69, 9.17) is 10.5 Å². The van der Waals surface area contributed by atoms with Crippen LogP contribution in [-0.2, 0) is 4.74 Å². The predicted molar refractivity (Wildman–Crippen MR) is 81.4 cm³/mol. The first-order valence-corrected chi connectivity index (χ1v) is 6.77. The lowest BCUT2D eigenvalue weighted by atomic mass is 10.0. The number of rotatable bonds is 2. The molecule has 0 amide bonds. The summed E-state index contributed by atoms with van der Waals surface area (Å²) >= 11 is 0. The Hall–Kier alpha value is -2.43. The Bertz CT molecular complexity index is 721. The number of para-hydroxylation sites is 1. The zero-order chi connectivity index (χ0) is 16.5. The highest BCUT2D eigenvalue weighted by atomic mass is 19.2. The van der Waals surface area contributed by atoms with Gasteiger partial charge in [0.1, 0.15) is 5.60 Å². The quantitative estimate of drug-likeness (QED) is 0.669. The number of anilines is 1. The van der Waals surface area contributed by atoms with Crippen molar-refractivity contribution in [3.8, 4) is 11.1 Å². The van der Waals surface area contributed by atoms with Gasteiger partial charge in [0.15, 0.2) is 11.6 Å². The molecule has 0 radical (unpaired) electrons. The van der Waals surface area contributed by atoms with E-state index in [0.29, 0.717) is 11.3 Å². The average Bonchev–Trinajstić information content (AvgIpc) is 2.41. The van der Waals surface area contributed by atoms with E-state index in [-0.39, 0.29) is 5.56 Å². The molecule has 0 spiro atoms. The standard InChI is InChI=1S/C17H17F2NO2/c1-17(2,3)22-16(21)12-9-8-11(14(18)15(12)19)10-6-4-5-7-13(10)20/h4-9H,20H2,1-3H3. The Balaban J connectivity index is 2.46. The normalized spacial score (nSPS) is 11.3. The van der Waals surface area contributed by atoms with Crippen molar-refractivity contribution in [3.05, 3.63) is 53.6 Å². The molecule has 0 bridgehead atoms. The number of carbonyl (C=O) groups is 1. The van der Waals surface area contributed by atoms with E-state index in [2.05, 4.69) is 0 Å². The Morgan fingerprint density at radius 3 is 2.23 bits per heavy atom. The number of benzene rings is 2. The lowest BCUT2D eigenvalue weighted by Crippen LogP contribution is -2.24. The minimum Gasteiger partial charge on any atom is -0.456 e. The highest BCUT2D eigenvalue weighted by molar-refractivity contribution is 5.91. The smallest absolute Gasteiger partial charge is 0.341 e. The topological polar surface area (TPSA) is 52.3 Å². The molecule has 0 aliphatic heterocycles. The van der Waals surface area contributed by atoms with Crippen molar-refractivity contribution >= 4 is 11.7 Å². The maximum atomic E-state index is 14.3. The minimum absolute atomic E-state index is 0.00269. The van der Waals surface area contributed by atoms with Crippen LogP contribution in [0.5, 0.6) is 0 Å². The van der Waals surface area contributed by atoms with Crippen LogP contribution in [0.1, 0.15) is 31.1 Å². The van der Waals surface area contributed by atoms with Gasteiger partial charge < -0.3 is 10.5 Å². The molecule has 0 saturated carbocycles. The van der Waals surface area contributed by atoms with E-state index in [1.807, 2.05) is 0 Å². The Morgan fingerprint density at radius 1 is 1.00 bits per heavy atom. The van der Waals surface area contributed by atoms with Gasteiger partial charge in [0, 0.05) is 16.8 Å². The average molecular weight is 305 g/mol. The molecule has 2 rings (SSSR count). The van der Waals surface area contributed by atoms with E-state index in [9.17, 15) is 13.6 Å². The van der Waals surface area contributed by atoms with E-state index in [1.165, 1.54) is 12.1 Å².